The minimum Gasteiger partial charge on any atom is -0.366 e. The van der Waals surface area contributed by atoms with E-state index in [2.05, 4.69) is 15.6 Å². The fourth-order valence-electron chi connectivity index (χ4n) is 1.60. The lowest BCUT2D eigenvalue weighted by molar-refractivity contribution is -0.133. The first-order valence-electron chi connectivity index (χ1n) is 6.00. The number of nitrogens with two attached hydrogens (primary N) is 1. The van der Waals surface area contributed by atoms with Gasteiger partial charge in [-0.05, 0) is 24.3 Å². The Labute approximate surface area is 120 Å². The molecule has 0 atom stereocenters. The first-order valence-corrected chi connectivity index (χ1v) is 6.00. The molecule has 0 aliphatic heterocycles. The second-order valence-corrected chi connectivity index (χ2v) is 4.03. The lowest BCUT2D eigenvalue weighted by Gasteiger charge is -2.08. The van der Waals surface area contributed by atoms with Gasteiger partial charge in [0.1, 0.15) is 5.82 Å². The molecular formula is C14H12N4O3. The van der Waals surface area contributed by atoms with E-state index in [-0.39, 0.29) is 17.1 Å². The average molecular weight is 284 g/mol. The summed E-state index contributed by atoms with van der Waals surface area (Å²) in [7, 11) is 0. The molecule has 1 aromatic carbocycles. The summed E-state index contributed by atoms with van der Waals surface area (Å²) in [6, 6.07) is 11.0. The minimum absolute atomic E-state index is 0.122. The molecule has 7 heteroatoms. The predicted molar refractivity (Wildman–Crippen MR) is 76.5 cm³/mol. The highest BCUT2D eigenvalue weighted by molar-refractivity contribution is 6.43. The molecule has 2 aromatic rings. The molecule has 0 fully saturated rings. The summed E-state index contributed by atoms with van der Waals surface area (Å²) in [5, 5.41) is 4.66. The second-order valence-electron chi connectivity index (χ2n) is 4.03. The van der Waals surface area contributed by atoms with Gasteiger partial charge in [0.25, 0.3) is 5.91 Å². The van der Waals surface area contributed by atoms with Gasteiger partial charge in [-0.3, -0.25) is 14.4 Å². The summed E-state index contributed by atoms with van der Waals surface area (Å²) >= 11 is 0. The summed E-state index contributed by atoms with van der Waals surface area (Å²) in [5.41, 5.74) is 5.48. The number of benzene rings is 1. The maximum absolute atomic E-state index is 11.8. The number of carbonyl (C=O) groups excluding carboxylic acids is 3. The van der Waals surface area contributed by atoms with Gasteiger partial charge in [0, 0.05) is 6.20 Å². The molecular weight excluding hydrogens is 272 g/mol. The summed E-state index contributed by atoms with van der Waals surface area (Å²) < 4.78 is 0. The molecule has 1 heterocycles. The number of nitrogens with one attached hydrogen (secondary N) is 2. The van der Waals surface area contributed by atoms with Gasteiger partial charge >= 0.3 is 11.8 Å². The molecule has 21 heavy (non-hydrogen) atoms. The van der Waals surface area contributed by atoms with Crippen LogP contribution < -0.4 is 16.4 Å². The summed E-state index contributed by atoms with van der Waals surface area (Å²) in [5.74, 6) is -2.26. The molecule has 0 unspecified atom stereocenters. The van der Waals surface area contributed by atoms with E-state index in [1.54, 1.807) is 30.3 Å². The SMILES string of the molecule is NC(=O)c1ccccc1NC(=O)C(=O)Nc1ccccn1. The van der Waals surface area contributed by atoms with Gasteiger partial charge in [-0.1, -0.05) is 18.2 Å². The highest BCUT2D eigenvalue weighted by Gasteiger charge is 2.17. The third-order valence-corrected chi connectivity index (χ3v) is 2.55. The van der Waals surface area contributed by atoms with Crippen molar-refractivity contribution < 1.29 is 14.4 Å². The van der Waals surface area contributed by atoms with Crippen molar-refractivity contribution >= 4 is 29.2 Å². The van der Waals surface area contributed by atoms with Crippen molar-refractivity contribution in [2.24, 2.45) is 5.73 Å². The van der Waals surface area contributed by atoms with Gasteiger partial charge in [-0.25, -0.2) is 4.98 Å². The Morgan fingerprint density at radius 3 is 2.24 bits per heavy atom. The van der Waals surface area contributed by atoms with Gasteiger partial charge in [0.05, 0.1) is 11.3 Å². The van der Waals surface area contributed by atoms with Gasteiger partial charge in [-0.2, -0.15) is 0 Å². The Morgan fingerprint density at radius 2 is 1.57 bits per heavy atom. The predicted octanol–water partition coefficient (Wildman–Crippen LogP) is 0.758. The van der Waals surface area contributed by atoms with Crippen LogP contribution in [-0.2, 0) is 9.59 Å². The number of anilines is 2. The van der Waals surface area contributed by atoms with Gasteiger partial charge in [0.2, 0.25) is 0 Å². The zero-order chi connectivity index (χ0) is 15.2. The Hall–Kier alpha value is -3.22. The molecule has 0 aliphatic rings. The third-order valence-electron chi connectivity index (χ3n) is 2.55. The molecule has 3 amide bonds. The fraction of sp³-hybridized carbons (Fsp3) is 0. The van der Waals surface area contributed by atoms with Crippen LogP contribution in [0.5, 0.6) is 0 Å². The van der Waals surface area contributed by atoms with Crippen molar-refractivity contribution in [1.82, 2.24) is 4.98 Å². The van der Waals surface area contributed by atoms with Crippen LogP contribution in [0.25, 0.3) is 0 Å². The molecule has 1 aromatic heterocycles. The van der Waals surface area contributed by atoms with Crippen molar-refractivity contribution in [3.8, 4) is 0 Å². The molecule has 4 N–H and O–H groups in total. The standard InChI is InChI=1S/C14H12N4O3/c15-12(19)9-5-1-2-6-10(9)17-13(20)14(21)18-11-7-3-4-8-16-11/h1-8H,(H2,15,19)(H,17,20)(H,16,18,21). The van der Waals surface area contributed by atoms with E-state index in [1.807, 2.05) is 0 Å². The zero-order valence-corrected chi connectivity index (χ0v) is 10.9. The van der Waals surface area contributed by atoms with Gasteiger partial charge in [0.15, 0.2) is 0 Å². The van der Waals surface area contributed by atoms with Crippen LogP contribution in [0.4, 0.5) is 11.5 Å². The van der Waals surface area contributed by atoms with Crippen molar-refractivity contribution in [1.29, 1.82) is 0 Å². The first kappa shape index (κ1) is 14.2. The Kier molecular flexibility index (Phi) is 4.25. The number of rotatable bonds is 3. The summed E-state index contributed by atoms with van der Waals surface area (Å²) in [6.07, 6.45) is 1.48. The van der Waals surface area contributed by atoms with Crippen molar-refractivity contribution in [2.45, 2.75) is 0 Å². The van der Waals surface area contributed by atoms with Gasteiger partial charge < -0.3 is 16.4 Å². The molecule has 0 radical (unpaired) electrons. The van der Waals surface area contributed by atoms with Gasteiger partial charge in [-0.15, -0.1) is 0 Å². The Balaban J connectivity index is 2.08. The molecule has 0 aliphatic carbocycles. The van der Waals surface area contributed by atoms with Crippen LogP contribution in [0.2, 0.25) is 0 Å². The molecule has 2 rings (SSSR count). The molecule has 0 saturated heterocycles. The van der Waals surface area contributed by atoms with Crippen molar-refractivity contribution in [3.63, 3.8) is 0 Å². The van der Waals surface area contributed by atoms with Crippen molar-refractivity contribution in [2.75, 3.05) is 10.6 Å². The number of carbonyl (C=O) groups is 3. The Bertz CT molecular complexity index is 686. The number of para-hydroxylation sites is 1. The monoisotopic (exact) mass is 284 g/mol. The number of hydrogen-bond donors (Lipinski definition) is 3. The topological polar surface area (TPSA) is 114 Å². The van der Waals surface area contributed by atoms with E-state index < -0.39 is 17.7 Å². The number of nitrogens with zero attached hydrogens (tertiary/aromatic N) is 1. The van der Waals surface area contributed by atoms with Crippen LogP contribution in [0.1, 0.15) is 10.4 Å². The Morgan fingerprint density at radius 1 is 0.905 bits per heavy atom. The largest absolute Gasteiger partial charge is 0.366 e. The molecule has 0 saturated carbocycles. The number of aromatic nitrogens is 1. The second kappa shape index (κ2) is 6.29. The normalized spacial score (nSPS) is 9.71. The van der Waals surface area contributed by atoms with Crippen LogP contribution in [-0.4, -0.2) is 22.7 Å². The van der Waals surface area contributed by atoms with Crippen LogP contribution in [0.15, 0.2) is 48.7 Å². The molecule has 7 nitrogen and oxygen atoms in total. The summed E-state index contributed by atoms with van der Waals surface area (Å²) in [4.78, 5) is 38.6. The van der Waals surface area contributed by atoms with E-state index in [9.17, 15) is 14.4 Å². The minimum atomic E-state index is -0.922. The smallest absolute Gasteiger partial charge is 0.315 e. The maximum atomic E-state index is 11.8. The highest BCUT2D eigenvalue weighted by Crippen LogP contribution is 2.14. The van der Waals surface area contributed by atoms with E-state index in [1.165, 1.54) is 18.3 Å². The quantitative estimate of drug-likeness (QED) is 0.722. The average Bonchev–Trinajstić information content (AvgIpc) is 2.48. The van der Waals surface area contributed by atoms with Crippen molar-refractivity contribution in [3.05, 3.63) is 54.2 Å². The number of pyridine rings is 1. The van der Waals surface area contributed by atoms with E-state index in [4.69, 9.17) is 5.73 Å². The van der Waals surface area contributed by atoms with Crippen LogP contribution >= 0.6 is 0 Å². The highest BCUT2D eigenvalue weighted by atomic mass is 16.2. The van der Waals surface area contributed by atoms with E-state index in [0.29, 0.717) is 0 Å². The number of amides is 3. The molecule has 0 bridgehead atoms. The lowest BCUT2D eigenvalue weighted by Crippen LogP contribution is -2.30. The number of hydrogen-bond acceptors (Lipinski definition) is 4. The first-order chi connectivity index (χ1) is 10.1. The summed E-state index contributed by atoms with van der Waals surface area (Å²) in [6.45, 7) is 0. The zero-order valence-electron chi connectivity index (χ0n) is 10.9. The van der Waals surface area contributed by atoms with Crippen LogP contribution in [0.3, 0.4) is 0 Å². The fourth-order valence-corrected chi connectivity index (χ4v) is 1.60. The van der Waals surface area contributed by atoms with Crippen LogP contribution in [0, 0.1) is 0 Å². The molecule has 0 spiro atoms. The maximum Gasteiger partial charge on any atom is 0.315 e. The third kappa shape index (κ3) is 3.63. The van der Waals surface area contributed by atoms with E-state index in [0.717, 1.165) is 0 Å². The lowest BCUT2D eigenvalue weighted by atomic mass is 10.1. The molecule has 106 valence electrons. The number of primary amides is 1. The van der Waals surface area contributed by atoms with E-state index >= 15 is 0 Å².